The average molecular weight is 1300 g/mol. The molecular weight excluding hydrogens is 1260 g/mol. The van der Waals surface area contributed by atoms with E-state index >= 15 is 0 Å². The molecule has 0 atom stereocenters. The first-order chi connectivity index (χ1) is 41.9. The van der Waals surface area contributed by atoms with Crippen molar-refractivity contribution in [2.45, 2.75) is 31.4 Å². The van der Waals surface area contributed by atoms with Crippen molar-refractivity contribution >= 4 is 149 Å². The molecule has 11 aromatic rings. The van der Waals surface area contributed by atoms with Gasteiger partial charge in [-0.1, -0.05) is 22.2 Å². The number of phenolic OH excluding ortho intramolecular Hbond substituents is 2. The highest BCUT2D eigenvalue weighted by Gasteiger charge is 2.25. The Morgan fingerprint density at radius 2 is 1.14 bits per heavy atom. The molecule has 11 rings (SSSR count). The van der Waals surface area contributed by atoms with Crippen LogP contribution in [-0.2, 0) is 49.1 Å². The van der Waals surface area contributed by atoms with Crippen LogP contribution in [0.3, 0.4) is 0 Å². The third-order valence-corrected chi connectivity index (χ3v) is 16.8. The molecule has 0 saturated heterocycles. The minimum absolute atomic E-state index is 0.00760. The number of carboxylic acids is 1. The second-order valence-corrected chi connectivity index (χ2v) is 24.0. The van der Waals surface area contributed by atoms with Crippen LogP contribution in [0.4, 0.5) is 34.1 Å². The molecule has 88 heavy (non-hydrogen) atoms. The highest BCUT2D eigenvalue weighted by atomic mass is 32.2. The van der Waals surface area contributed by atoms with Gasteiger partial charge in [-0.15, -0.1) is 49.2 Å². The van der Waals surface area contributed by atoms with E-state index in [4.69, 9.17) is 15.3 Å². The van der Waals surface area contributed by atoms with E-state index < -0.39 is 62.5 Å². The Labute approximate surface area is 499 Å². The predicted molar refractivity (Wildman–Crippen MR) is 308 cm³/mol. The number of methoxy groups -OCH3 is 1. The molecule has 0 aliphatic heterocycles. The second-order valence-electron chi connectivity index (χ2n) is 18.3. The Morgan fingerprint density at radius 1 is 0.545 bits per heavy atom. The van der Waals surface area contributed by atoms with E-state index in [1.165, 1.54) is 79.9 Å². The number of carbonyl (C=O) groups is 1. The number of ether oxygens (including phenoxy) is 1. The lowest BCUT2D eigenvalue weighted by Crippen LogP contribution is -2.07. The molecule has 0 bridgehead atoms. The molecule has 2 aromatic heterocycles. The van der Waals surface area contributed by atoms with Crippen LogP contribution in [0.5, 0.6) is 17.2 Å². The molecule has 9 aromatic carbocycles. The summed E-state index contributed by atoms with van der Waals surface area (Å²) in [5, 5.41) is 102. The zero-order valence-electron chi connectivity index (χ0n) is 43.9. The average Bonchev–Trinajstić information content (AvgIpc) is 1.55. The van der Waals surface area contributed by atoms with Gasteiger partial charge in [0.05, 0.1) is 74.2 Å². The summed E-state index contributed by atoms with van der Waals surface area (Å²) in [6, 6.07) is 26.8. The van der Waals surface area contributed by atoms with E-state index in [0.29, 0.717) is 57.9 Å². The van der Waals surface area contributed by atoms with Crippen molar-refractivity contribution in [1.82, 2.24) is 30.0 Å². The summed E-state index contributed by atoms with van der Waals surface area (Å²) >= 11 is 0.863. The molecule has 0 amide bonds. The number of phenols is 2. The fourth-order valence-electron chi connectivity index (χ4n) is 8.98. The highest BCUT2D eigenvalue weighted by molar-refractivity contribution is 7.95. The minimum atomic E-state index is -4.99. The third-order valence-electron chi connectivity index (χ3n) is 13.0. The Hall–Kier alpha value is -9.58. The number of nitrogens with zero attached hydrogens (tertiary/aromatic N) is 12. The lowest BCUT2D eigenvalue weighted by molar-refractivity contribution is -0.432. The summed E-state index contributed by atoms with van der Waals surface area (Å²) in [4.78, 5) is 12.7. The Morgan fingerprint density at radius 3 is 1.78 bits per heavy atom. The van der Waals surface area contributed by atoms with E-state index in [1.54, 1.807) is 31.2 Å². The van der Waals surface area contributed by atoms with Crippen molar-refractivity contribution < 1.29 is 93.0 Å². The Kier molecular flexibility index (Phi) is 16.1. The third kappa shape index (κ3) is 12.0. The summed E-state index contributed by atoms with van der Waals surface area (Å²) in [7, 11) is -13.4. The molecule has 37 heteroatoms. The number of azo groups is 3. The second kappa shape index (κ2) is 23.6. The number of rotatable bonds is 19. The molecule has 8 N–H and O–H groups in total. The molecule has 0 spiro atoms. The van der Waals surface area contributed by atoms with E-state index in [-0.39, 0.29) is 98.8 Å². The first-order valence-electron chi connectivity index (χ1n) is 24.2. The van der Waals surface area contributed by atoms with Gasteiger partial charge in [-0.25, -0.2) is 15.3 Å². The number of hydrogen-bond donors (Lipinski definition) is 8. The van der Waals surface area contributed by atoms with Gasteiger partial charge in [-0.3, -0.25) is 13.7 Å². The van der Waals surface area contributed by atoms with Crippen LogP contribution >= 0.6 is 24.1 Å². The van der Waals surface area contributed by atoms with Gasteiger partial charge in [-0.05, 0) is 115 Å². The van der Waals surface area contributed by atoms with Crippen molar-refractivity contribution in [1.29, 1.82) is 0 Å². The largest absolute Gasteiger partial charge is 0.506 e. The number of aromatic carboxylic acids is 1. The van der Waals surface area contributed by atoms with E-state index in [1.807, 2.05) is 0 Å². The van der Waals surface area contributed by atoms with Crippen LogP contribution in [0.15, 0.2) is 176 Å². The highest BCUT2D eigenvalue weighted by Crippen LogP contribution is 2.47. The van der Waals surface area contributed by atoms with Gasteiger partial charge in [0.2, 0.25) is 0 Å². The maximum atomic E-state index is 12.6. The quantitative estimate of drug-likeness (QED) is 0.0123. The number of hydrogen-bond acceptors (Lipinski definition) is 28. The molecule has 0 saturated carbocycles. The van der Waals surface area contributed by atoms with Gasteiger partial charge >= 0.3 is 5.97 Å². The van der Waals surface area contributed by atoms with Crippen molar-refractivity contribution in [3.63, 3.8) is 0 Å². The van der Waals surface area contributed by atoms with Gasteiger partial charge in [-0.2, -0.15) is 45.4 Å². The van der Waals surface area contributed by atoms with Gasteiger partial charge in [0, 0.05) is 44.0 Å². The fraction of sp³-hybridized carbons (Fsp3) is 0.0392. The lowest BCUT2D eigenvalue weighted by Gasteiger charge is -2.10. The number of carboxylic acid groups (broad SMARTS) is 1. The topological polar surface area (TPSA) is 463 Å². The van der Waals surface area contributed by atoms with Crippen LogP contribution in [0.25, 0.3) is 65.8 Å². The first kappa shape index (κ1) is 60.1. The number of aromatic nitrogens is 6. The number of benzene rings is 9. The maximum absolute atomic E-state index is 12.6. The van der Waals surface area contributed by atoms with Crippen molar-refractivity contribution in [3.05, 3.63) is 132 Å². The molecule has 448 valence electrons. The van der Waals surface area contributed by atoms with E-state index in [9.17, 15) is 59.0 Å². The molecule has 0 fully saturated rings. The van der Waals surface area contributed by atoms with E-state index in [2.05, 4.69) is 69.8 Å². The maximum Gasteiger partial charge on any atom is 0.338 e. The number of aryl methyl sites for hydroxylation is 1. The molecule has 0 aliphatic carbocycles. The van der Waals surface area contributed by atoms with Gasteiger partial charge in [0.25, 0.3) is 30.4 Å². The molecule has 32 nitrogen and oxygen atoms in total. The molecule has 0 aliphatic rings. The first-order valence-corrected chi connectivity index (χ1v) is 30.1. The smallest absolute Gasteiger partial charge is 0.338 e. The summed E-state index contributed by atoms with van der Waals surface area (Å²) < 4.78 is 117. The van der Waals surface area contributed by atoms with Crippen molar-refractivity contribution in [3.8, 4) is 28.6 Å². The Bertz CT molecular complexity index is 5200. The van der Waals surface area contributed by atoms with Crippen molar-refractivity contribution in [2.24, 2.45) is 30.7 Å². The van der Waals surface area contributed by atoms with Gasteiger partial charge in [0.1, 0.15) is 61.2 Å². The summed E-state index contributed by atoms with van der Waals surface area (Å²) in [6.07, 6.45) is 0. The zero-order chi connectivity index (χ0) is 62.6. The monoisotopic (exact) mass is 1290 g/mol. The minimum Gasteiger partial charge on any atom is -0.506 e. The van der Waals surface area contributed by atoms with Crippen LogP contribution < -0.4 is 4.74 Å². The Balaban J connectivity index is 0.821. The zero-order valence-corrected chi connectivity index (χ0v) is 48.0. The molecule has 0 unspecified atom stereocenters. The van der Waals surface area contributed by atoms with Crippen LogP contribution in [0.1, 0.15) is 15.9 Å². The summed E-state index contributed by atoms with van der Waals surface area (Å²) in [5.41, 5.74) is 1.54. The normalized spacial score (nSPS) is 12.6. The standard InChI is InChI=1S/C51H34N12O20S5/c1-23-13-25(3-9-36(23)54-53-26-4-12-41(35(16-26)51(66)67)63-59-38-10-7-31-33(47(38)61-63)17-28(86(70,71)72)19-44(31)84-82-80-68)52-56-40-21-42(64)39(22-43(40)79-2)55-57-49-45(85-83-81-69)15-24-14-27(5-6-30(24)50(49)65)62-58-37-11-8-32-34(48(37)60-62)18-29(87(73,74)75)20-46(32)88(76,77)78/h3-22,64-65,68-69H,1-2H3,(H,66,67)(H,70,71,72)(H,73,74,75)(H,76,77,78). The number of fused-ring (bicyclic) bond motifs is 7. The summed E-state index contributed by atoms with van der Waals surface area (Å²) in [6.45, 7) is 1.71. The van der Waals surface area contributed by atoms with Gasteiger partial charge in [0.15, 0.2) is 5.75 Å². The predicted octanol–water partition coefficient (Wildman–Crippen LogP) is 11.9. The van der Waals surface area contributed by atoms with Crippen molar-refractivity contribution in [2.75, 3.05) is 7.11 Å². The van der Waals surface area contributed by atoms with Crippen LogP contribution in [-0.4, -0.2) is 108 Å². The van der Waals surface area contributed by atoms with Crippen LogP contribution in [0, 0.1) is 6.92 Å². The molecule has 2 heterocycles. The lowest BCUT2D eigenvalue weighted by atomic mass is 10.1. The summed E-state index contributed by atoms with van der Waals surface area (Å²) in [5.74, 6) is -2.21. The van der Waals surface area contributed by atoms with Gasteiger partial charge < -0.3 is 20.1 Å². The fourth-order valence-corrected chi connectivity index (χ4v) is 12.0. The number of aromatic hydroxyl groups is 2. The van der Waals surface area contributed by atoms with E-state index in [0.717, 1.165) is 27.8 Å². The molecule has 0 radical (unpaired) electrons. The molecular formula is C51H34N12O20S5. The SMILES string of the molecule is COc1cc(N=Nc2c(SOOO)cc3cc(-n4nc5ccc6c(S(=O)(=O)O)cc(S(=O)(=O)O)cc6c5n4)ccc3c2O)c(O)cc1N=Nc1ccc(N=Nc2ccc(-n3nc4ccc5c(SOOO)cc(S(=O)(=O)O)cc5c4n3)c(C(=O)O)c2)c(C)c1. The van der Waals surface area contributed by atoms with Crippen LogP contribution in [0.2, 0.25) is 0 Å².